The Kier molecular flexibility index (Phi) is 7.72. The standard InChI is InChI=1S/C30H50N2O4/c1-9-17(2)28(35)31-26-25(34)16-30(6)23-14-15-29(5)21(18(3)32(7)8)12-13-22(29)20(23)10-11-24(30)27(26)36-19(4)33/h9,18,20-27,34H,10-16H2,1-8H3,(H,31,35)/b17-9+/t18-,20-,21+,22+,23-,24-,25+,26-,27+,29+,30-/m0/s1. The summed E-state index contributed by atoms with van der Waals surface area (Å²) in [6, 6.07) is 0.00917. The van der Waals surface area contributed by atoms with Crippen molar-refractivity contribution in [2.75, 3.05) is 14.1 Å². The van der Waals surface area contributed by atoms with Crippen LogP contribution in [0.4, 0.5) is 0 Å². The molecule has 4 fully saturated rings. The van der Waals surface area contributed by atoms with Gasteiger partial charge in [0.1, 0.15) is 6.10 Å². The molecule has 0 saturated heterocycles. The predicted octanol–water partition coefficient (Wildman–Crippen LogP) is 4.56. The number of aliphatic hydroxyl groups excluding tert-OH is 1. The maximum atomic E-state index is 12.7. The van der Waals surface area contributed by atoms with Gasteiger partial charge in [0.05, 0.1) is 12.1 Å². The number of fused-ring (bicyclic) bond motifs is 5. The number of carbonyl (C=O) groups is 2. The maximum Gasteiger partial charge on any atom is 0.302 e. The Morgan fingerprint density at radius 1 is 1.03 bits per heavy atom. The van der Waals surface area contributed by atoms with Gasteiger partial charge in [-0.25, -0.2) is 0 Å². The van der Waals surface area contributed by atoms with E-state index in [0.29, 0.717) is 35.3 Å². The lowest BCUT2D eigenvalue weighted by Gasteiger charge is -2.63. The summed E-state index contributed by atoms with van der Waals surface area (Å²) in [5.41, 5.74) is 0.874. The topological polar surface area (TPSA) is 78.9 Å². The number of rotatable bonds is 5. The molecule has 4 aliphatic rings. The van der Waals surface area contributed by atoms with E-state index >= 15 is 0 Å². The van der Waals surface area contributed by atoms with Gasteiger partial charge in [-0.05, 0) is 114 Å². The number of hydrogen-bond donors (Lipinski definition) is 2. The SMILES string of the molecule is C/C=C(\C)C(=O)N[C@@H]1[C@H](OC(C)=O)[C@@H]2CC[C@H]3[C@H]4CC[C@H]([C@H](C)N(C)C)[C@@]4(C)CC[C@@H]3[C@]2(C)C[C@H]1O. The third-order valence-electron chi connectivity index (χ3n) is 11.6. The monoisotopic (exact) mass is 502 g/mol. The predicted molar refractivity (Wildman–Crippen MR) is 142 cm³/mol. The largest absolute Gasteiger partial charge is 0.460 e. The summed E-state index contributed by atoms with van der Waals surface area (Å²) in [4.78, 5) is 27.4. The summed E-state index contributed by atoms with van der Waals surface area (Å²) in [6.07, 6.45) is 8.34. The molecule has 0 heterocycles. The number of hydrogen-bond acceptors (Lipinski definition) is 5. The highest BCUT2D eigenvalue weighted by molar-refractivity contribution is 5.93. The molecule has 0 aromatic heterocycles. The summed E-state index contributed by atoms with van der Waals surface area (Å²) in [5.74, 6) is 2.23. The summed E-state index contributed by atoms with van der Waals surface area (Å²) >= 11 is 0. The first kappa shape index (κ1) is 27.6. The minimum atomic E-state index is -0.735. The van der Waals surface area contributed by atoms with Crippen LogP contribution in [0.3, 0.4) is 0 Å². The number of nitrogens with one attached hydrogen (secondary N) is 1. The second-order valence-corrected chi connectivity index (χ2v) is 13.3. The van der Waals surface area contributed by atoms with E-state index in [9.17, 15) is 14.7 Å². The molecule has 4 rings (SSSR count). The molecule has 11 atom stereocenters. The van der Waals surface area contributed by atoms with Gasteiger partial charge in [-0.3, -0.25) is 9.59 Å². The average Bonchev–Trinajstić information content (AvgIpc) is 3.16. The lowest BCUT2D eigenvalue weighted by atomic mass is 9.43. The molecule has 4 saturated carbocycles. The summed E-state index contributed by atoms with van der Waals surface area (Å²) in [7, 11) is 4.43. The van der Waals surface area contributed by atoms with Crippen LogP contribution in [0.2, 0.25) is 0 Å². The van der Waals surface area contributed by atoms with Crippen LogP contribution in [0.5, 0.6) is 0 Å². The van der Waals surface area contributed by atoms with Gasteiger partial charge in [-0.1, -0.05) is 19.9 Å². The molecule has 0 unspecified atom stereocenters. The molecule has 0 bridgehead atoms. The lowest BCUT2D eigenvalue weighted by molar-refractivity contribution is -0.197. The van der Waals surface area contributed by atoms with Gasteiger partial charge in [0.15, 0.2) is 0 Å². The average molecular weight is 503 g/mol. The Morgan fingerprint density at radius 2 is 1.67 bits per heavy atom. The lowest BCUT2D eigenvalue weighted by Crippen LogP contribution is -2.66. The molecule has 0 aliphatic heterocycles. The van der Waals surface area contributed by atoms with Gasteiger partial charge in [-0.15, -0.1) is 0 Å². The normalized spacial score (nSPS) is 45.3. The Hall–Kier alpha value is -1.40. The molecule has 0 spiro atoms. The Balaban J connectivity index is 1.61. The van der Waals surface area contributed by atoms with Crippen molar-refractivity contribution >= 4 is 11.9 Å². The number of nitrogens with zero attached hydrogens (tertiary/aromatic N) is 1. The van der Waals surface area contributed by atoms with Gasteiger partial charge in [0.25, 0.3) is 0 Å². The summed E-state index contributed by atoms with van der Waals surface area (Å²) in [6.45, 7) is 12.3. The second-order valence-electron chi connectivity index (χ2n) is 13.3. The fourth-order valence-electron chi connectivity index (χ4n) is 9.49. The van der Waals surface area contributed by atoms with E-state index in [-0.39, 0.29) is 23.2 Å². The van der Waals surface area contributed by atoms with Crippen LogP contribution in [-0.4, -0.2) is 60.3 Å². The molecular formula is C30H50N2O4. The highest BCUT2D eigenvalue weighted by Gasteiger charge is 2.64. The quantitative estimate of drug-likeness (QED) is 0.426. The summed E-state index contributed by atoms with van der Waals surface area (Å²) in [5, 5.41) is 14.5. The first-order chi connectivity index (χ1) is 16.8. The van der Waals surface area contributed by atoms with Gasteiger partial charge in [0.2, 0.25) is 5.91 Å². The Bertz CT molecular complexity index is 886. The molecule has 0 aromatic carbocycles. The van der Waals surface area contributed by atoms with Crippen LogP contribution < -0.4 is 5.32 Å². The number of ether oxygens (including phenoxy) is 1. The molecule has 0 radical (unpaired) electrons. The molecule has 4 aliphatic carbocycles. The first-order valence-corrected chi connectivity index (χ1v) is 14.3. The zero-order valence-corrected chi connectivity index (χ0v) is 23.8. The van der Waals surface area contributed by atoms with Gasteiger partial charge < -0.3 is 20.1 Å². The van der Waals surface area contributed by atoms with Crippen molar-refractivity contribution in [2.45, 2.75) is 111 Å². The van der Waals surface area contributed by atoms with Gasteiger partial charge >= 0.3 is 5.97 Å². The number of amides is 1. The minimum absolute atomic E-state index is 0.105. The van der Waals surface area contributed by atoms with E-state index in [2.05, 4.69) is 45.1 Å². The fourth-order valence-corrected chi connectivity index (χ4v) is 9.49. The van der Waals surface area contributed by atoms with E-state index in [1.807, 2.05) is 6.92 Å². The Morgan fingerprint density at radius 3 is 2.28 bits per heavy atom. The molecule has 2 N–H and O–H groups in total. The molecule has 6 nitrogen and oxygen atoms in total. The van der Waals surface area contributed by atoms with Crippen LogP contribution in [0.15, 0.2) is 11.6 Å². The van der Waals surface area contributed by atoms with Crippen LogP contribution in [0, 0.1) is 40.4 Å². The zero-order valence-electron chi connectivity index (χ0n) is 23.8. The minimum Gasteiger partial charge on any atom is -0.460 e. The van der Waals surface area contributed by atoms with Crippen LogP contribution in [-0.2, 0) is 14.3 Å². The second kappa shape index (κ2) is 10.1. The van der Waals surface area contributed by atoms with Gasteiger partial charge in [0, 0.05) is 24.5 Å². The van der Waals surface area contributed by atoms with E-state index in [4.69, 9.17) is 4.74 Å². The molecule has 0 aromatic rings. The van der Waals surface area contributed by atoms with Crippen molar-refractivity contribution in [3.8, 4) is 0 Å². The van der Waals surface area contributed by atoms with Gasteiger partial charge in [-0.2, -0.15) is 0 Å². The van der Waals surface area contributed by atoms with Crippen LogP contribution in [0.25, 0.3) is 0 Å². The smallest absolute Gasteiger partial charge is 0.302 e. The van der Waals surface area contributed by atoms with Crippen LogP contribution >= 0.6 is 0 Å². The molecular weight excluding hydrogens is 452 g/mol. The highest BCUT2D eigenvalue weighted by Crippen LogP contribution is 2.68. The maximum absolute atomic E-state index is 12.7. The first-order valence-electron chi connectivity index (χ1n) is 14.3. The number of carbonyl (C=O) groups excluding carboxylic acids is 2. The number of esters is 1. The zero-order chi connectivity index (χ0) is 26.6. The molecule has 204 valence electrons. The van der Waals surface area contributed by atoms with E-state index in [1.165, 1.54) is 32.6 Å². The molecule has 1 amide bonds. The molecule has 6 heteroatoms. The van der Waals surface area contributed by atoms with Crippen molar-refractivity contribution in [3.63, 3.8) is 0 Å². The van der Waals surface area contributed by atoms with Crippen molar-refractivity contribution < 1.29 is 19.4 Å². The number of aliphatic hydroxyl groups is 1. The third-order valence-corrected chi connectivity index (χ3v) is 11.6. The van der Waals surface area contributed by atoms with Crippen molar-refractivity contribution in [1.82, 2.24) is 10.2 Å². The molecule has 36 heavy (non-hydrogen) atoms. The van der Waals surface area contributed by atoms with Crippen molar-refractivity contribution in [2.24, 2.45) is 40.4 Å². The van der Waals surface area contributed by atoms with E-state index < -0.39 is 18.2 Å². The highest BCUT2D eigenvalue weighted by atomic mass is 16.5. The summed E-state index contributed by atoms with van der Waals surface area (Å²) < 4.78 is 5.95. The van der Waals surface area contributed by atoms with E-state index in [0.717, 1.165) is 24.7 Å². The van der Waals surface area contributed by atoms with E-state index in [1.54, 1.807) is 13.0 Å². The van der Waals surface area contributed by atoms with Crippen molar-refractivity contribution in [1.29, 1.82) is 0 Å². The number of allylic oxidation sites excluding steroid dienone is 1. The third kappa shape index (κ3) is 4.44. The van der Waals surface area contributed by atoms with Crippen molar-refractivity contribution in [3.05, 3.63) is 11.6 Å². The van der Waals surface area contributed by atoms with Crippen LogP contribution in [0.1, 0.15) is 86.5 Å². The fraction of sp³-hybridized carbons (Fsp3) is 0.867. The Labute approximate surface area is 218 Å².